The maximum Gasteiger partial charge on any atom is 0.328 e. The number of para-hydroxylation sites is 1. The van der Waals surface area contributed by atoms with E-state index in [0.717, 1.165) is 40.2 Å². The number of esters is 1. The third-order valence-electron chi connectivity index (χ3n) is 7.41. The van der Waals surface area contributed by atoms with Gasteiger partial charge in [0.1, 0.15) is 29.0 Å². The zero-order valence-electron chi connectivity index (χ0n) is 22.3. The molecule has 7 nitrogen and oxygen atoms in total. The smallest absolute Gasteiger partial charge is 0.328 e. The zero-order chi connectivity index (χ0) is 28.6. The number of benzene rings is 3. The van der Waals surface area contributed by atoms with Crippen molar-refractivity contribution < 1.29 is 27.8 Å². The molecule has 0 spiro atoms. The maximum atomic E-state index is 14.2. The van der Waals surface area contributed by atoms with Crippen LogP contribution in [0, 0.1) is 18.6 Å². The van der Waals surface area contributed by atoms with Gasteiger partial charge < -0.3 is 19.4 Å². The van der Waals surface area contributed by atoms with E-state index in [1.807, 2.05) is 31.2 Å². The average Bonchev–Trinajstić information content (AvgIpc) is 2.96. The summed E-state index contributed by atoms with van der Waals surface area (Å²) in [5.74, 6) is -3.36. The molecule has 5 rings (SSSR count). The SMILES string of the molecule is COC(=O)[C@H](Cc1ccc(-c2c(C)c3ccccc3n(C)c2=O)c2c1CCCO2)NC(=O)c1c(F)cccc1F. The molecule has 0 saturated carbocycles. The molecule has 4 aromatic rings. The minimum Gasteiger partial charge on any atom is -0.493 e. The summed E-state index contributed by atoms with van der Waals surface area (Å²) in [4.78, 5) is 39.0. The number of carbonyl (C=O) groups excluding carboxylic acids is 2. The van der Waals surface area contributed by atoms with Crippen molar-refractivity contribution in [3.05, 3.63) is 98.8 Å². The van der Waals surface area contributed by atoms with Crippen molar-refractivity contribution in [3.63, 3.8) is 0 Å². The number of nitrogens with zero attached hydrogens (tertiary/aromatic N) is 1. The topological polar surface area (TPSA) is 86.6 Å². The van der Waals surface area contributed by atoms with Crippen molar-refractivity contribution in [2.45, 2.75) is 32.2 Å². The van der Waals surface area contributed by atoms with E-state index in [9.17, 15) is 23.2 Å². The Kier molecular flexibility index (Phi) is 7.38. The van der Waals surface area contributed by atoms with Gasteiger partial charge in [-0.05, 0) is 54.7 Å². The lowest BCUT2D eigenvalue weighted by Gasteiger charge is -2.26. The zero-order valence-corrected chi connectivity index (χ0v) is 22.3. The summed E-state index contributed by atoms with van der Waals surface area (Å²) in [5, 5.41) is 3.37. The molecule has 40 heavy (non-hydrogen) atoms. The Bertz CT molecular complexity index is 1690. The predicted octanol–water partition coefficient (Wildman–Crippen LogP) is 4.63. The van der Waals surface area contributed by atoms with E-state index in [-0.39, 0.29) is 12.0 Å². The van der Waals surface area contributed by atoms with Crippen molar-refractivity contribution in [1.82, 2.24) is 9.88 Å². The molecular formula is C31H28F2N2O5. The highest BCUT2D eigenvalue weighted by atomic mass is 19.1. The molecule has 9 heteroatoms. The van der Waals surface area contributed by atoms with Crippen LogP contribution in [0.1, 0.15) is 33.5 Å². The minimum absolute atomic E-state index is 0.00479. The molecular weight excluding hydrogens is 518 g/mol. The lowest BCUT2D eigenvalue weighted by molar-refractivity contribution is -0.142. The average molecular weight is 547 g/mol. The Morgan fingerprint density at radius 3 is 2.52 bits per heavy atom. The summed E-state index contributed by atoms with van der Waals surface area (Å²) >= 11 is 0. The van der Waals surface area contributed by atoms with Crippen LogP contribution in [0.5, 0.6) is 5.75 Å². The van der Waals surface area contributed by atoms with Crippen molar-refractivity contribution in [3.8, 4) is 16.9 Å². The first-order valence-corrected chi connectivity index (χ1v) is 12.9. The highest BCUT2D eigenvalue weighted by Crippen LogP contribution is 2.40. The van der Waals surface area contributed by atoms with Gasteiger partial charge in [0.25, 0.3) is 11.5 Å². The normalized spacial score (nSPS) is 13.3. The van der Waals surface area contributed by atoms with Crippen LogP contribution in [0.4, 0.5) is 8.78 Å². The van der Waals surface area contributed by atoms with Crippen LogP contribution in [0.3, 0.4) is 0 Å². The Balaban J connectivity index is 1.57. The Morgan fingerprint density at radius 2 is 1.80 bits per heavy atom. The van der Waals surface area contributed by atoms with Gasteiger partial charge in [0, 0.05) is 24.4 Å². The molecule has 206 valence electrons. The van der Waals surface area contributed by atoms with Crippen LogP contribution in [0.25, 0.3) is 22.0 Å². The molecule has 0 saturated heterocycles. The highest BCUT2D eigenvalue weighted by molar-refractivity contribution is 5.97. The Labute approximate surface area is 229 Å². The standard InChI is InChI=1S/C31H28F2N2O5/c1-17-19-8-4-5-12-25(19)35(2)30(37)26(17)21-14-13-18(20-9-7-15-40-28(20)21)16-24(31(38)39-3)34-29(36)27-22(32)10-6-11-23(27)33/h4-6,8,10-14,24H,7,9,15-16H2,1-3H3,(H,34,36)/t24-/m0/s1. The van der Waals surface area contributed by atoms with Gasteiger partial charge in [-0.25, -0.2) is 13.6 Å². The van der Waals surface area contributed by atoms with Gasteiger partial charge in [-0.1, -0.05) is 36.4 Å². The molecule has 0 aliphatic carbocycles. The fourth-order valence-electron chi connectivity index (χ4n) is 5.39. The molecule has 1 atom stereocenters. The number of ether oxygens (including phenoxy) is 2. The largest absolute Gasteiger partial charge is 0.493 e. The molecule has 3 aromatic carbocycles. The van der Waals surface area contributed by atoms with Crippen molar-refractivity contribution in [2.24, 2.45) is 7.05 Å². The van der Waals surface area contributed by atoms with Gasteiger partial charge in [0.05, 0.1) is 24.8 Å². The fraction of sp³-hybridized carbons (Fsp3) is 0.258. The molecule has 2 heterocycles. The summed E-state index contributed by atoms with van der Waals surface area (Å²) in [6, 6.07) is 13.1. The highest BCUT2D eigenvalue weighted by Gasteiger charge is 2.29. The molecule has 1 aromatic heterocycles. The van der Waals surface area contributed by atoms with Crippen LogP contribution in [-0.2, 0) is 29.4 Å². The van der Waals surface area contributed by atoms with Crippen LogP contribution in [0.2, 0.25) is 0 Å². The van der Waals surface area contributed by atoms with Crippen molar-refractivity contribution >= 4 is 22.8 Å². The Morgan fingerprint density at radius 1 is 1.07 bits per heavy atom. The Hall–Kier alpha value is -4.53. The summed E-state index contributed by atoms with van der Waals surface area (Å²) < 4.78 is 41.1. The van der Waals surface area contributed by atoms with E-state index < -0.39 is 35.1 Å². The minimum atomic E-state index is -1.22. The van der Waals surface area contributed by atoms with Gasteiger partial charge in [-0.2, -0.15) is 0 Å². The number of hydrogen-bond donors (Lipinski definition) is 1. The van der Waals surface area contributed by atoms with Crippen LogP contribution < -0.4 is 15.6 Å². The molecule has 1 N–H and O–H groups in total. The van der Waals surface area contributed by atoms with E-state index in [2.05, 4.69) is 5.32 Å². The number of aryl methyl sites for hydroxylation is 2. The van der Waals surface area contributed by atoms with E-state index in [4.69, 9.17) is 9.47 Å². The number of pyridine rings is 1. The molecule has 1 aliphatic heterocycles. The molecule has 0 unspecified atom stereocenters. The van der Waals surface area contributed by atoms with Gasteiger partial charge >= 0.3 is 5.97 Å². The third kappa shape index (κ3) is 4.72. The molecule has 1 amide bonds. The van der Waals surface area contributed by atoms with E-state index in [0.29, 0.717) is 41.9 Å². The second-order valence-electron chi connectivity index (χ2n) is 9.76. The first-order valence-electron chi connectivity index (χ1n) is 12.9. The number of carbonyl (C=O) groups is 2. The number of rotatable bonds is 6. The number of hydrogen-bond acceptors (Lipinski definition) is 5. The van der Waals surface area contributed by atoms with E-state index in [1.54, 1.807) is 23.7 Å². The lowest BCUT2D eigenvalue weighted by atomic mass is 9.89. The van der Waals surface area contributed by atoms with E-state index >= 15 is 0 Å². The maximum absolute atomic E-state index is 14.2. The number of fused-ring (bicyclic) bond motifs is 2. The number of halogens is 2. The van der Waals surface area contributed by atoms with Crippen LogP contribution in [-0.4, -0.2) is 36.2 Å². The molecule has 1 aliphatic rings. The van der Waals surface area contributed by atoms with Crippen molar-refractivity contribution in [1.29, 1.82) is 0 Å². The summed E-state index contributed by atoms with van der Waals surface area (Å²) in [6.07, 6.45) is 1.33. The predicted molar refractivity (Wildman–Crippen MR) is 147 cm³/mol. The molecule has 0 radical (unpaired) electrons. The first-order chi connectivity index (χ1) is 19.2. The lowest BCUT2D eigenvalue weighted by Crippen LogP contribution is -2.43. The molecule has 0 fully saturated rings. The molecule has 0 bridgehead atoms. The number of nitrogens with one attached hydrogen (secondary N) is 1. The van der Waals surface area contributed by atoms with Gasteiger partial charge in [-0.3, -0.25) is 9.59 Å². The quantitative estimate of drug-likeness (QED) is 0.357. The van der Waals surface area contributed by atoms with E-state index in [1.165, 1.54) is 7.11 Å². The van der Waals surface area contributed by atoms with Gasteiger partial charge in [0.2, 0.25) is 0 Å². The van der Waals surface area contributed by atoms with Crippen LogP contribution >= 0.6 is 0 Å². The van der Waals surface area contributed by atoms with Gasteiger partial charge in [0.15, 0.2) is 0 Å². The van der Waals surface area contributed by atoms with Gasteiger partial charge in [-0.15, -0.1) is 0 Å². The number of aromatic nitrogens is 1. The first kappa shape index (κ1) is 27.1. The summed E-state index contributed by atoms with van der Waals surface area (Å²) in [7, 11) is 2.91. The van der Waals surface area contributed by atoms with Crippen molar-refractivity contribution in [2.75, 3.05) is 13.7 Å². The number of amides is 1. The number of methoxy groups -OCH3 is 1. The second kappa shape index (κ2) is 10.9. The van der Waals surface area contributed by atoms with Crippen LogP contribution in [0.15, 0.2) is 59.4 Å². The third-order valence-corrected chi connectivity index (χ3v) is 7.41. The summed E-state index contributed by atoms with van der Waals surface area (Å²) in [6.45, 7) is 2.37. The second-order valence-corrected chi connectivity index (χ2v) is 9.76. The summed E-state index contributed by atoms with van der Waals surface area (Å²) in [5.41, 5.74) is 3.38. The fourth-order valence-corrected chi connectivity index (χ4v) is 5.39. The monoisotopic (exact) mass is 546 g/mol.